The van der Waals surface area contributed by atoms with Crippen LogP contribution in [0.1, 0.15) is 11.1 Å². The van der Waals surface area contributed by atoms with Crippen molar-refractivity contribution in [2.45, 2.75) is 5.54 Å². The highest BCUT2D eigenvalue weighted by molar-refractivity contribution is 7.30. The molecule has 1 unspecified atom stereocenters. The summed E-state index contributed by atoms with van der Waals surface area (Å²) >= 11 is 0. The van der Waals surface area contributed by atoms with Gasteiger partial charge < -0.3 is 9.79 Å². The molecular weight excluding hydrogens is 215 g/mol. The normalized spacial score (nSPS) is 11.6. The lowest BCUT2D eigenvalue weighted by atomic mass is 10.1. The average Bonchev–Trinajstić information content (AvgIpc) is 2.17. The van der Waals surface area contributed by atoms with Crippen molar-refractivity contribution in [3.05, 3.63) is 48.6 Å². The third-order valence-electron chi connectivity index (χ3n) is 1.68. The first-order valence-corrected chi connectivity index (χ1v) is 6.63. The summed E-state index contributed by atoms with van der Waals surface area (Å²) in [6.45, 7) is 3.77. The summed E-state index contributed by atoms with van der Waals surface area (Å²) in [5, 5.41) is 0. The molecule has 0 fully saturated rings. The molecule has 0 aliphatic heterocycles. The fourth-order valence-electron chi connectivity index (χ4n) is 0.893. The minimum absolute atomic E-state index is 0.612. The van der Waals surface area contributed by atoms with Gasteiger partial charge in [-0.25, -0.2) is 0 Å². The van der Waals surface area contributed by atoms with E-state index in [9.17, 15) is 0 Å². The van der Waals surface area contributed by atoms with Gasteiger partial charge in [-0.1, -0.05) is 36.4 Å². The second-order valence-electron chi connectivity index (χ2n) is 2.72. The number of hydrogen-bond donors (Lipinski definition) is 2. The summed E-state index contributed by atoms with van der Waals surface area (Å²) in [6.07, 6.45) is 2.02. The molecule has 1 aromatic carbocycles. The monoisotopic (exact) mass is 230 g/mol. The molecule has 14 heavy (non-hydrogen) atoms. The lowest BCUT2D eigenvalue weighted by Crippen LogP contribution is -1.91. The maximum Gasteiger partial charge on any atom is 0.314 e. The Hall–Kier alpha value is -0.673. The summed E-state index contributed by atoms with van der Waals surface area (Å²) in [6, 6.07) is 10.5. The SMILES string of the molecule is C=CC([SiH3])c1ccccc1.O=[PH](O)O. The van der Waals surface area contributed by atoms with E-state index < -0.39 is 8.25 Å². The van der Waals surface area contributed by atoms with Crippen LogP contribution in [-0.2, 0) is 4.57 Å². The minimum atomic E-state index is -3.13. The van der Waals surface area contributed by atoms with E-state index in [1.807, 2.05) is 12.1 Å². The van der Waals surface area contributed by atoms with Crippen molar-refractivity contribution >= 4 is 18.5 Å². The quantitative estimate of drug-likeness (QED) is 0.445. The van der Waals surface area contributed by atoms with Crippen molar-refractivity contribution in [2.75, 3.05) is 0 Å². The van der Waals surface area contributed by atoms with E-state index in [1.54, 1.807) is 0 Å². The van der Waals surface area contributed by atoms with E-state index in [0.29, 0.717) is 5.54 Å². The van der Waals surface area contributed by atoms with Crippen molar-refractivity contribution in [3.8, 4) is 0 Å². The van der Waals surface area contributed by atoms with Crippen LogP contribution in [0.3, 0.4) is 0 Å². The standard InChI is InChI=1S/C9H12Si.H3O3P/c1-2-9(10)8-6-4-3-5-7-8;1-4(2)3/h2-7,9H,1H2,10H3;4H,(H2,1,2,3). The Labute approximate surface area is 87.5 Å². The van der Waals surface area contributed by atoms with Gasteiger partial charge in [0.15, 0.2) is 0 Å². The van der Waals surface area contributed by atoms with Gasteiger partial charge >= 0.3 is 8.25 Å². The zero-order valence-corrected chi connectivity index (χ0v) is 11.1. The Kier molecular flexibility index (Phi) is 7.33. The molecule has 0 spiro atoms. The van der Waals surface area contributed by atoms with Crippen LogP contribution in [0.15, 0.2) is 43.0 Å². The van der Waals surface area contributed by atoms with E-state index >= 15 is 0 Å². The van der Waals surface area contributed by atoms with Gasteiger partial charge in [0.2, 0.25) is 0 Å². The molecule has 1 aromatic rings. The van der Waals surface area contributed by atoms with E-state index in [4.69, 9.17) is 14.4 Å². The number of rotatable bonds is 2. The molecule has 1 rings (SSSR count). The highest BCUT2D eigenvalue weighted by Crippen LogP contribution is 2.10. The Bertz CT molecular complexity index is 285. The molecule has 0 aliphatic rings. The van der Waals surface area contributed by atoms with Gasteiger partial charge in [0.1, 0.15) is 0 Å². The molecule has 0 saturated carbocycles. The molecular formula is C9H15O3PSi. The Balaban J connectivity index is 0.000000364. The fraction of sp³-hybridized carbons (Fsp3) is 0.111. The van der Waals surface area contributed by atoms with Crippen LogP contribution in [-0.4, -0.2) is 20.0 Å². The van der Waals surface area contributed by atoms with E-state index in [0.717, 1.165) is 10.2 Å². The Morgan fingerprint density at radius 3 is 2.14 bits per heavy atom. The highest BCUT2D eigenvalue weighted by Gasteiger charge is 1.96. The van der Waals surface area contributed by atoms with Gasteiger partial charge in [0.25, 0.3) is 0 Å². The van der Waals surface area contributed by atoms with Crippen molar-refractivity contribution in [3.63, 3.8) is 0 Å². The first-order chi connectivity index (χ1) is 6.57. The summed E-state index contributed by atoms with van der Waals surface area (Å²) in [7, 11) is -1.97. The van der Waals surface area contributed by atoms with Gasteiger partial charge in [0, 0.05) is 10.2 Å². The first kappa shape index (κ1) is 13.3. The number of allylic oxidation sites excluding steroid dienone is 1. The fourth-order valence-corrected chi connectivity index (χ4v) is 1.28. The van der Waals surface area contributed by atoms with E-state index in [2.05, 4.69) is 30.8 Å². The molecule has 3 nitrogen and oxygen atoms in total. The van der Waals surface area contributed by atoms with Crippen molar-refractivity contribution in [2.24, 2.45) is 0 Å². The second kappa shape index (κ2) is 7.70. The third-order valence-corrected chi connectivity index (χ3v) is 2.82. The zero-order valence-electron chi connectivity index (χ0n) is 8.05. The molecule has 0 bridgehead atoms. The molecule has 2 N–H and O–H groups in total. The summed E-state index contributed by atoms with van der Waals surface area (Å²) in [5.74, 6) is 0. The average molecular weight is 230 g/mol. The Morgan fingerprint density at radius 2 is 1.79 bits per heavy atom. The third kappa shape index (κ3) is 6.80. The van der Waals surface area contributed by atoms with Gasteiger partial charge in [0.05, 0.1) is 0 Å². The van der Waals surface area contributed by atoms with Crippen LogP contribution >= 0.6 is 8.25 Å². The van der Waals surface area contributed by atoms with Crippen LogP contribution in [0.25, 0.3) is 0 Å². The number of hydrogen-bond acceptors (Lipinski definition) is 1. The molecule has 0 aromatic heterocycles. The molecule has 0 aliphatic carbocycles. The summed E-state index contributed by atoms with van der Waals surface area (Å²) < 4.78 is 8.74. The van der Waals surface area contributed by atoms with Crippen LogP contribution in [0.2, 0.25) is 0 Å². The van der Waals surface area contributed by atoms with E-state index in [-0.39, 0.29) is 0 Å². The van der Waals surface area contributed by atoms with Crippen LogP contribution in [0, 0.1) is 0 Å². The van der Waals surface area contributed by atoms with Gasteiger partial charge in [-0.05, 0) is 11.1 Å². The predicted molar refractivity (Wildman–Crippen MR) is 62.8 cm³/mol. The molecule has 0 amide bonds. The Morgan fingerprint density at radius 1 is 1.36 bits per heavy atom. The highest BCUT2D eigenvalue weighted by atomic mass is 31.1. The molecule has 0 saturated heterocycles. The predicted octanol–water partition coefficient (Wildman–Crippen LogP) is 0.640. The minimum Gasteiger partial charge on any atom is -0.326 e. The maximum atomic E-state index is 8.74. The van der Waals surface area contributed by atoms with Gasteiger partial charge in [-0.15, -0.1) is 6.58 Å². The van der Waals surface area contributed by atoms with E-state index in [1.165, 1.54) is 5.56 Å². The second-order valence-corrected chi connectivity index (χ2v) is 4.53. The smallest absolute Gasteiger partial charge is 0.314 e. The summed E-state index contributed by atoms with van der Waals surface area (Å²) in [4.78, 5) is 14.3. The largest absolute Gasteiger partial charge is 0.326 e. The van der Waals surface area contributed by atoms with Crippen molar-refractivity contribution in [1.82, 2.24) is 0 Å². The van der Waals surface area contributed by atoms with Gasteiger partial charge in [-0.3, -0.25) is 4.57 Å². The molecule has 0 heterocycles. The summed E-state index contributed by atoms with van der Waals surface area (Å²) in [5.41, 5.74) is 2.00. The van der Waals surface area contributed by atoms with Gasteiger partial charge in [-0.2, -0.15) is 0 Å². The zero-order chi connectivity index (χ0) is 11.0. The molecule has 0 radical (unpaired) electrons. The molecule has 78 valence electrons. The van der Waals surface area contributed by atoms with Crippen molar-refractivity contribution in [1.29, 1.82) is 0 Å². The lowest BCUT2D eigenvalue weighted by molar-refractivity contribution is 0.405. The first-order valence-electron chi connectivity index (χ1n) is 4.17. The van der Waals surface area contributed by atoms with Crippen LogP contribution < -0.4 is 0 Å². The van der Waals surface area contributed by atoms with Crippen molar-refractivity contribution < 1.29 is 14.4 Å². The molecule has 1 atom stereocenters. The van der Waals surface area contributed by atoms with Crippen LogP contribution in [0.4, 0.5) is 0 Å². The molecule has 5 heteroatoms. The topological polar surface area (TPSA) is 57.5 Å². The lowest BCUT2D eigenvalue weighted by Gasteiger charge is -2.03. The van der Waals surface area contributed by atoms with Crippen LogP contribution in [0.5, 0.6) is 0 Å². The maximum absolute atomic E-state index is 8.74. The number of benzene rings is 1.